The van der Waals surface area contributed by atoms with Crippen molar-refractivity contribution in [3.8, 4) is 0 Å². The molecule has 0 unspecified atom stereocenters. The van der Waals surface area contributed by atoms with Crippen LogP contribution in [0, 0.1) is 6.92 Å². The summed E-state index contributed by atoms with van der Waals surface area (Å²) < 4.78 is 13.0. The van der Waals surface area contributed by atoms with Crippen LogP contribution in [0.25, 0.3) is 0 Å². The lowest BCUT2D eigenvalue weighted by Gasteiger charge is -2.19. The van der Waals surface area contributed by atoms with Crippen molar-refractivity contribution in [1.82, 2.24) is 20.2 Å². The Labute approximate surface area is 113 Å². The Hall–Kier alpha value is -1.43. The summed E-state index contributed by atoms with van der Waals surface area (Å²) in [6, 6.07) is 1.43. The lowest BCUT2D eigenvalue weighted by molar-refractivity contribution is 0.0940. The van der Waals surface area contributed by atoms with Crippen LogP contribution < -0.4 is 5.32 Å². The highest BCUT2D eigenvalue weighted by atomic mass is 19.2. The minimum atomic E-state index is -0.328. The van der Waals surface area contributed by atoms with E-state index >= 15 is 0 Å². The molecule has 0 radical (unpaired) electrons. The van der Waals surface area contributed by atoms with Crippen molar-refractivity contribution in [2.45, 2.75) is 33.6 Å². The normalized spacial score (nSPS) is 11.0. The van der Waals surface area contributed by atoms with E-state index in [-0.39, 0.29) is 16.5 Å². The fourth-order valence-corrected chi connectivity index (χ4v) is 1.79. The van der Waals surface area contributed by atoms with Crippen molar-refractivity contribution >= 4 is 5.91 Å². The molecule has 1 amide bonds. The monoisotopic (exact) mass is 270 g/mol. The van der Waals surface area contributed by atoms with Crippen LogP contribution in [0.4, 0.5) is 4.48 Å². The Bertz CT molecular complexity index is 386. The number of hydrogen-bond acceptors (Lipinski definition) is 3. The molecule has 1 rings (SSSR count). The maximum Gasteiger partial charge on any atom is 0.271 e. The van der Waals surface area contributed by atoms with Crippen LogP contribution in [0.15, 0.2) is 6.07 Å². The Balaban J connectivity index is 2.33. The quantitative estimate of drug-likeness (QED) is 0.783. The molecule has 0 saturated heterocycles. The number of nitrogens with one attached hydrogen (secondary N) is 1. The number of carbonyl (C=O) groups excluding carboxylic acids is 1. The Morgan fingerprint density at radius 2 is 2.21 bits per heavy atom. The topological polar surface area (TPSA) is 50.2 Å². The van der Waals surface area contributed by atoms with Crippen molar-refractivity contribution in [3.05, 3.63) is 17.5 Å². The molecule has 1 heterocycles. The van der Waals surface area contributed by atoms with Gasteiger partial charge in [-0.3, -0.25) is 4.79 Å². The van der Waals surface area contributed by atoms with Crippen LogP contribution in [-0.4, -0.2) is 47.0 Å². The van der Waals surface area contributed by atoms with E-state index in [9.17, 15) is 9.28 Å². The fourth-order valence-electron chi connectivity index (χ4n) is 1.79. The maximum absolute atomic E-state index is 13.0. The second-order valence-corrected chi connectivity index (χ2v) is 4.57. The van der Waals surface area contributed by atoms with Gasteiger partial charge in [-0.25, -0.2) is 0 Å². The molecule has 5 nitrogen and oxygen atoms in total. The predicted molar refractivity (Wildman–Crippen MR) is 72.8 cm³/mol. The van der Waals surface area contributed by atoms with E-state index in [1.54, 1.807) is 6.92 Å². The van der Waals surface area contributed by atoms with E-state index in [0.29, 0.717) is 12.2 Å². The van der Waals surface area contributed by atoms with Crippen molar-refractivity contribution in [2.75, 3.05) is 26.2 Å². The number of carbonyl (C=O) groups is 1. The first kappa shape index (κ1) is 15.6. The average Bonchev–Trinajstić information content (AvgIpc) is 2.73. The molecule has 0 aromatic carbocycles. The summed E-state index contributed by atoms with van der Waals surface area (Å²) in [5, 5.41) is 6.26. The molecule has 0 aliphatic carbocycles. The second kappa shape index (κ2) is 7.89. The van der Waals surface area contributed by atoms with Crippen molar-refractivity contribution < 1.29 is 9.28 Å². The number of aryl methyl sites for hydroxylation is 1. The smallest absolute Gasteiger partial charge is 0.271 e. The number of unbranched alkanes of at least 4 members (excludes halogenated alkanes) is 1. The molecular formula is C13H23FN4O. The van der Waals surface area contributed by atoms with E-state index in [2.05, 4.69) is 29.2 Å². The number of halogens is 1. The number of aromatic nitrogens is 2. The lowest BCUT2D eigenvalue weighted by atomic mass is 10.3. The van der Waals surface area contributed by atoms with Crippen LogP contribution in [-0.2, 0) is 0 Å². The van der Waals surface area contributed by atoms with Gasteiger partial charge in [0.2, 0.25) is 0 Å². The van der Waals surface area contributed by atoms with E-state index in [1.165, 1.54) is 6.07 Å². The number of nitrogens with zero attached hydrogens (tertiary/aromatic N) is 3. The highest BCUT2D eigenvalue weighted by molar-refractivity contribution is 5.92. The molecule has 0 aliphatic rings. The first-order valence-electron chi connectivity index (χ1n) is 6.81. The van der Waals surface area contributed by atoms with E-state index in [0.717, 1.165) is 32.5 Å². The van der Waals surface area contributed by atoms with Crippen molar-refractivity contribution in [2.24, 2.45) is 0 Å². The second-order valence-electron chi connectivity index (χ2n) is 4.57. The number of hydrogen-bond donors (Lipinski definition) is 1. The first-order valence-corrected chi connectivity index (χ1v) is 6.81. The highest BCUT2D eigenvalue weighted by Crippen LogP contribution is 2.02. The SMILES string of the molecule is CCCCN(CC)CCNC(=O)c1cc(C)n(F)n1. The Kier molecular flexibility index (Phi) is 6.49. The minimum Gasteiger partial charge on any atom is -0.349 e. The van der Waals surface area contributed by atoms with Crippen LogP contribution in [0.5, 0.6) is 0 Å². The highest BCUT2D eigenvalue weighted by Gasteiger charge is 2.12. The Morgan fingerprint density at radius 1 is 1.47 bits per heavy atom. The summed E-state index contributed by atoms with van der Waals surface area (Å²) in [4.78, 5) is 14.2. The maximum atomic E-state index is 13.0. The molecule has 0 aliphatic heterocycles. The molecule has 0 fully saturated rings. The molecule has 0 saturated carbocycles. The molecule has 0 spiro atoms. The largest absolute Gasteiger partial charge is 0.349 e. The Morgan fingerprint density at radius 3 is 2.74 bits per heavy atom. The van der Waals surface area contributed by atoms with Crippen LogP contribution >= 0.6 is 0 Å². The minimum absolute atomic E-state index is 0.122. The fraction of sp³-hybridized carbons (Fsp3) is 0.692. The molecular weight excluding hydrogens is 247 g/mol. The van der Waals surface area contributed by atoms with Gasteiger partial charge in [0.05, 0.1) is 5.69 Å². The molecule has 1 aromatic heterocycles. The summed E-state index contributed by atoms with van der Waals surface area (Å²) in [6.07, 6.45) is 2.32. The van der Waals surface area contributed by atoms with Gasteiger partial charge in [0.25, 0.3) is 5.91 Å². The van der Waals surface area contributed by atoms with Gasteiger partial charge in [-0.1, -0.05) is 29.7 Å². The third-order valence-electron chi connectivity index (χ3n) is 3.05. The van der Waals surface area contributed by atoms with Crippen LogP contribution in [0.3, 0.4) is 0 Å². The molecule has 108 valence electrons. The summed E-state index contributed by atoms with van der Waals surface area (Å²) in [6.45, 7) is 9.19. The average molecular weight is 270 g/mol. The van der Waals surface area contributed by atoms with Gasteiger partial charge in [-0.2, -0.15) is 0 Å². The number of rotatable bonds is 8. The summed E-state index contributed by atoms with van der Waals surface area (Å²) in [7, 11) is 0. The molecule has 0 bridgehead atoms. The van der Waals surface area contributed by atoms with Gasteiger partial charge in [0, 0.05) is 13.1 Å². The summed E-state index contributed by atoms with van der Waals surface area (Å²) >= 11 is 0. The van der Waals surface area contributed by atoms with Gasteiger partial charge in [-0.05, 0) is 32.5 Å². The standard InChI is InChI=1S/C13H23FN4O/c1-4-6-8-17(5-2)9-7-15-13(19)12-10-11(3)18(14)16-12/h10H,4-9H2,1-3H3,(H,15,19). The van der Waals surface area contributed by atoms with E-state index < -0.39 is 0 Å². The zero-order valence-electron chi connectivity index (χ0n) is 11.9. The third kappa shape index (κ3) is 4.98. The molecule has 1 aromatic rings. The van der Waals surface area contributed by atoms with Gasteiger partial charge >= 0.3 is 0 Å². The molecule has 19 heavy (non-hydrogen) atoms. The number of amides is 1. The first-order chi connectivity index (χ1) is 9.08. The zero-order chi connectivity index (χ0) is 14.3. The lowest BCUT2D eigenvalue weighted by Crippen LogP contribution is -2.35. The van der Waals surface area contributed by atoms with Gasteiger partial charge < -0.3 is 10.2 Å². The van der Waals surface area contributed by atoms with Crippen molar-refractivity contribution in [3.63, 3.8) is 0 Å². The van der Waals surface area contributed by atoms with E-state index in [4.69, 9.17) is 0 Å². The van der Waals surface area contributed by atoms with Crippen LogP contribution in [0.1, 0.15) is 42.9 Å². The van der Waals surface area contributed by atoms with Gasteiger partial charge in [0.15, 0.2) is 5.69 Å². The van der Waals surface area contributed by atoms with Crippen LogP contribution in [0.2, 0.25) is 0 Å². The zero-order valence-corrected chi connectivity index (χ0v) is 11.9. The summed E-state index contributed by atoms with van der Waals surface area (Å²) in [5.41, 5.74) is 0.444. The van der Waals surface area contributed by atoms with E-state index in [1.807, 2.05) is 0 Å². The van der Waals surface area contributed by atoms with Gasteiger partial charge in [-0.15, -0.1) is 5.10 Å². The number of likely N-dealkylation sites (N-methyl/N-ethyl adjacent to an activating group) is 1. The van der Waals surface area contributed by atoms with Gasteiger partial charge in [0.1, 0.15) is 0 Å². The molecule has 6 heteroatoms. The summed E-state index contributed by atoms with van der Waals surface area (Å²) in [5.74, 6) is -0.328. The molecule has 1 N–H and O–H groups in total. The van der Waals surface area contributed by atoms with Crippen molar-refractivity contribution in [1.29, 1.82) is 0 Å². The predicted octanol–water partition coefficient (Wildman–Crippen LogP) is 1.78. The molecule has 0 atom stereocenters. The third-order valence-corrected chi connectivity index (χ3v) is 3.05.